The van der Waals surface area contributed by atoms with E-state index in [1.165, 1.54) is 22.6 Å². The quantitative estimate of drug-likeness (QED) is 0.810. The number of nitrogens with two attached hydrogens (primary N) is 1. The molecule has 0 aliphatic rings. The number of hydrogen-bond donors (Lipinski definition) is 1. The van der Waals surface area contributed by atoms with E-state index in [2.05, 4.69) is 29.2 Å². The Hall–Kier alpha value is -1.29. The average molecular weight is 221 g/mol. The van der Waals surface area contributed by atoms with Gasteiger partial charge in [0.25, 0.3) is 0 Å². The summed E-state index contributed by atoms with van der Waals surface area (Å²) >= 11 is 1.46. The van der Waals surface area contributed by atoms with E-state index in [1.54, 1.807) is 0 Å². The number of aromatic nitrogens is 1. The lowest BCUT2D eigenvalue weighted by Crippen LogP contribution is -2.21. The first kappa shape index (κ1) is 10.2. The fourth-order valence-electron chi connectivity index (χ4n) is 1.80. The van der Waals surface area contributed by atoms with Crippen molar-refractivity contribution in [3.8, 4) is 0 Å². The van der Waals surface area contributed by atoms with Crippen molar-refractivity contribution < 1.29 is 0 Å². The zero-order chi connectivity index (χ0) is 10.8. The second-order valence-corrected chi connectivity index (χ2v) is 4.22. The Kier molecular flexibility index (Phi) is 2.77. The Labute approximate surface area is 93.7 Å². The second kappa shape index (κ2) is 4.06. The molecular formula is C11H15N3S. The summed E-state index contributed by atoms with van der Waals surface area (Å²) in [6.45, 7) is 6.33. The van der Waals surface area contributed by atoms with Crippen molar-refractivity contribution in [3.63, 3.8) is 0 Å². The van der Waals surface area contributed by atoms with Crippen molar-refractivity contribution in [2.75, 3.05) is 23.7 Å². The maximum absolute atomic E-state index is 5.90. The zero-order valence-electron chi connectivity index (χ0n) is 9.03. The van der Waals surface area contributed by atoms with E-state index in [1.807, 2.05) is 12.3 Å². The minimum Gasteiger partial charge on any atom is -0.398 e. The van der Waals surface area contributed by atoms with E-state index in [0.717, 1.165) is 23.5 Å². The summed E-state index contributed by atoms with van der Waals surface area (Å²) in [5, 5.41) is 1.17. The molecule has 80 valence electrons. The van der Waals surface area contributed by atoms with E-state index in [-0.39, 0.29) is 0 Å². The minimum atomic E-state index is 0.823. The first-order chi connectivity index (χ1) is 7.27. The molecule has 0 aliphatic carbocycles. The molecule has 0 saturated heterocycles. The first-order valence-corrected chi connectivity index (χ1v) is 5.93. The van der Waals surface area contributed by atoms with Crippen LogP contribution in [0.25, 0.3) is 10.1 Å². The third-order valence-corrected chi connectivity index (χ3v) is 3.48. The van der Waals surface area contributed by atoms with Gasteiger partial charge >= 0.3 is 0 Å². The Balaban J connectivity index is 2.61. The fraction of sp³-hybridized carbons (Fsp3) is 0.364. The van der Waals surface area contributed by atoms with Gasteiger partial charge in [-0.2, -0.15) is 4.37 Å². The van der Waals surface area contributed by atoms with Gasteiger partial charge in [-0.15, -0.1) is 0 Å². The van der Waals surface area contributed by atoms with E-state index in [0.29, 0.717) is 0 Å². The van der Waals surface area contributed by atoms with Crippen molar-refractivity contribution in [3.05, 3.63) is 18.3 Å². The van der Waals surface area contributed by atoms with Crippen LogP contribution in [0, 0.1) is 0 Å². The van der Waals surface area contributed by atoms with Gasteiger partial charge < -0.3 is 10.6 Å². The molecule has 2 N–H and O–H groups in total. The Bertz CT molecular complexity index is 460. The van der Waals surface area contributed by atoms with Gasteiger partial charge in [0.2, 0.25) is 0 Å². The van der Waals surface area contributed by atoms with Crippen LogP contribution in [0.2, 0.25) is 0 Å². The molecule has 1 aromatic heterocycles. The molecule has 4 heteroatoms. The molecule has 0 aliphatic heterocycles. The number of nitrogen functional groups attached to an aromatic ring is 1. The van der Waals surface area contributed by atoms with Crippen LogP contribution < -0.4 is 10.6 Å². The highest BCUT2D eigenvalue weighted by molar-refractivity contribution is 7.14. The number of benzene rings is 1. The minimum absolute atomic E-state index is 0.823. The van der Waals surface area contributed by atoms with Gasteiger partial charge in [0.05, 0.1) is 16.6 Å². The zero-order valence-corrected chi connectivity index (χ0v) is 9.84. The molecule has 0 saturated carbocycles. The largest absolute Gasteiger partial charge is 0.398 e. The van der Waals surface area contributed by atoms with Crippen LogP contribution in [0.15, 0.2) is 18.3 Å². The van der Waals surface area contributed by atoms with Crippen molar-refractivity contribution in [2.24, 2.45) is 0 Å². The van der Waals surface area contributed by atoms with E-state index in [4.69, 9.17) is 5.73 Å². The molecule has 0 atom stereocenters. The lowest BCUT2D eigenvalue weighted by molar-refractivity contribution is 0.871. The number of nitrogens with zero attached hydrogens (tertiary/aromatic N) is 2. The number of hydrogen-bond acceptors (Lipinski definition) is 4. The topological polar surface area (TPSA) is 42.1 Å². The molecule has 0 radical (unpaired) electrons. The maximum Gasteiger partial charge on any atom is 0.0800 e. The SMILES string of the molecule is CCN(CC)c1ccc(N)c2sncc12. The molecule has 0 unspecified atom stereocenters. The van der Waals surface area contributed by atoms with Gasteiger partial charge in [-0.05, 0) is 37.5 Å². The summed E-state index contributed by atoms with van der Waals surface area (Å²) in [6.07, 6.45) is 1.91. The highest BCUT2D eigenvalue weighted by Gasteiger charge is 2.10. The van der Waals surface area contributed by atoms with Crippen LogP contribution in [0.1, 0.15) is 13.8 Å². The highest BCUT2D eigenvalue weighted by Crippen LogP contribution is 2.33. The van der Waals surface area contributed by atoms with Crippen LogP contribution in [-0.2, 0) is 0 Å². The molecule has 15 heavy (non-hydrogen) atoms. The number of fused-ring (bicyclic) bond motifs is 1. The fourth-order valence-corrected chi connectivity index (χ4v) is 2.50. The van der Waals surface area contributed by atoms with E-state index >= 15 is 0 Å². The van der Waals surface area contributed by atoms with Crippen molar-refractivity contribution in [1.29, 1.82) is 0 Å². The average Bonchev–Trinajstić information content (AvgIpc) is 2.72. The van der Waals surface area contributed by atoms with Crippen LogP contribution in [0.3, 0.4) is 0 Å². The first-order valence-electron chi connectivity index (χ1n) is 5.15. The molecule has 0 bridgehead atoms. The van der Waals surface area contributed by atoms with Crippen LogP contribution in [0.4, 0.5) is 11.4 Å². The Morgan fingerprint density at radius 1 is 1.33 bits per heavy atom. The predicted molar refractivity (Wildman–Crippen MR) is 67.6 cm³/mol. The van der Waals surface area contributed by atoms with Gasteiger partial charge in [0.1, 0.15) is 0 Å². The van der Waals surface area contributed by atoms with Crippen LogP contribution >= 0.6 is 11.5 Å². The predicted octanol–water partition coefficient (Wildman–Crippen LogP) is 2.72. The van der Waals surface area contributed by atoms with Gasteiger partial charge in [-0.3, -0.25) is 0 Å². The smallest absolute Gasteiger partial charge is 0.0800 e. The Morgan fingerprint density at radius 3 is 2.73 bits per heavy atom. The van der Waals surface area contributed by atoms with Crippen LogP contribution in [0.5, 0.6) is 0 Å². The summed E-state index contributed by atoms with van der Waals surface area (Å²) in [4.78, 5) is 2.32. The van der Waals surface area contributed by atoms with Gasteiger partial charge in [-0.25, -0.2) is 0 Å². The van der Waals surface area contributed by atoms with E-state index < -0.39 is 0 Å². The third-order valence-electron chi connectivity index (χ3n) is 2.63. The molecule has 2 aromatic rings. The highest BCUT2D eigenvalue weighted by atomic mass is 32.1. The summed E-state index contributed by atoms with van der Waals surface area (Å²) in [6, 6.07) is 4.05. The van der Waals surface area contributed by atoms with E-state index in [9.17, 15) is 0 Å². The summed E-state index contributed by atoms with van der Waals surface area (Å²) in [5.74, 6) is 0. The van der Waals surface area contributed by atoms with Crippen LogP contribution in [-0.4, -0.2) is 17.5 Å². The lowest BCUT2D eigenvalue weighted by atomic mass is 10.2. The summed E-state index contributed by atoms with van der Waals surface area (Å²) in [5.41, 5.74) is 7.96. The van der Waals surface area contributed by atoms with Crippen molar-refractivity contribution in [2.45, 2.75) is 13.8 Å². The summed E-state index contributed by atoms with van der Waals surface area (Å²) in [7, 11) is 0. The summed E-state index contributed by atoms with van der Waals surface area (Å²) < 4.78 is 5.31. The Morgan fingerprint density at radius 2 is 2.07 bits per heavy atom. The van der Waals surface area contributed by atoms with Gasteiger partial charge in [0, 0.05) is 24.2 Å². The monoisotopic (exact) mass is 221 g/mol. The normalized spacial score (nSPS) is 10.8. The van der Waals surface area contributed by atoms with Gasteiger partial charge in [-0.1, -0.05) is 0 Å². The standard InChI is InChI=1S/C11H15N3S/c1-3-14(4-2)10-6-5-9(12)11-8(10)7-13-15-11/h5-7H,3-4,12H2,1-2H3. The van der Waals surface area contributed by atoms with Gasteiger partial charge in [0.15, 0.2) is 0 Å². The molecule has 1 aromatic carbocycles. The van der Waals surface area contributed by atoms with Crippen molar-refractivity contribution in [1.82, 2.24) is 4.37 Å². The molecular weight excluding hydrogens is 206 g/mol. The van der Waals surface area contributed by atoms with Crippen molar-refractivity contribution >= 4 is 33.0 Å². The lowest BCUT2D eigenvalue weighted by Gasteiger charge is -2.21. The third kappa shape index (κ3) is 1.65. The molecule has 0 spiro atoms. The second-order valence-electron chi connectivity index (χ2n) is 3.41. The molecule has 1 heterocycles. The molecule has 2 rings (SSSR count). The molecule has 0 amide bonds. The molecule has 3 nitrogen and oxygen atoms in total. The number of rotatable bonds is 3. The maximum atomic E-state index is 5.90. The molecule has 0 fully saturated rings. The number of anilines is 2.